The van der Waals surface area contributed by atoms with Gasteiger partial charge in [-0.1, -0.05) is 22.0 Å². The molecule has 1 unspecified atom stereocenters. The van der Waals surface area contributed by atoms with E-state index < -0.39 is 6.04 Å². The molecule has 0 aliphatic carbocycles. The van der Waals surface area contributed by atoms with Crippen LogP contribution in [0.5, 0.6) is 5.75 Å². The summed E-state index contributed by atoms with van der Waals surface area (Å²) in [6.07, 6.45) is 0.0844. The highest BCUT2D eigenvalue weighted by Gasteiger charge is 2.20. The van der Waals surface area contributed by atoms with Crippen molar-refractivity contribution in [3.8, 4) is 5.75 Å². The number of carbonyl (C=O) groups is 2. The van der Waals surface area contributed by atoms with Gasteiger partial charge in [0.2, 0.25) is 0 Å². The summed E-state index contributed by atoms with van der Waals surface area (Å²) in [5.41, 5.74) is 0. The van der Waals surface area contributed by atoms with Crippen molar-refractivity contribution in [3.05, 3.63) is 51.1 Å². The van der Waals surface area contributed by atoms with Crippen molar-refractivity contribution in [1.82, 2.24) is 5.32 Å². The maximum Gasteiger partial charge on any atom is 0.307 e. The molecule has 0 spiro atoms. The Morgan fingerprint density at radius 2 is 2.00 bits per heavy atom. The van der Waals surface area contributed by atoms with Gasteiger partial charge in [0, 0.05) is 9.35 Å². The Morgan fingerprint density at radius 1 is 1.26 bits per heavy atom. The Bertz CT molecular complexity index is 643. The predicted octanol–water partition coefficient (Wildman–Crippen LogP) is 3.31. The Balaban J connectivity index is 1.91. The van der Waals surface area contributed by atoms with Crippen LogP contribution < -0.4 is 10.1 Å². The average molecular weight is 398 g/mol. The van der Waals surface area contributed by atoms with Gasteiger partial charge in [0.1, 0.15) is 5.75 Å². The second kappa shape index (κ2) is 8.69. The van der Waals surface area contributed by atoms with E-state index in [2.05, 4.69) is 26.0 Å². The minimum Gasteiger partial charge on any atom is -0.484 e. The quantitative estimate of drug-likeness (QED) is 0.727. The van der Waals surface area contributed by atoms with Crippen LogP contribution in [0.4, 0.5) is 0 Å². The Morgan fingerprint density at radius 3 is 2.61 bits per heavy atom. The molecule has 5 nitrogen and oxygen atoms in total. The van der Waals surface area contributed by atoms with Gasteiger partial charge in [-0.15, -0.1) is 11.3 Å². The Hall–Kier alpha value is -1.86. The van der Waals surface area contributed by atoms with Crippen molar-refractivity contribution in [2.75, 3.05) is 13.7 Å². The minimum atomic E-state index is -0.413. The molecule has 1 aromatic heterocycles. The number of benzene rings is 1. The van der Waals surface area contributed by atoms with Gasteiger partial charge in [0.05, 0.1) is 19.6 Å². The summed E-state index contributed by atoms with van der Waals surface area (Å²) in [5.74, 6) is -0.0725. The van der Waals surface area contributed by atoms with E-state index in [4.69, 9.17) is 4.74 Å². The van der Waals surface area contributed by atoms with Crippen LogP contribution in [0, 0.1) is 0 Å². The zero-order chi connectivity index (χ0) is 16.7. The van der Waals surface area contributed by atoms with Crippen LogP contribution in [-0.4, -0.2) is 25.6 Å². The van der Waals surface area contributed by atoms with Crippen LogP contribution in [0.3, 0.4) is 0 Å². The molecule has 0 aliphatic rings. The molecule has 0 fully saturated rings. The fourth-order valence-corrected chi connectivity index (χ4v) is 2.92. The lowest BCUT2D eigenvalue weighted by molar-refractivity contribution is -0.141. The normalized spacial score (nSPS) is 11.6. The summed E-state index contributed by atoms with van der Waals surface area (Å²) in [5, 5.41) is 4.70. The van der Waals surface area contributed by atoms with Crippen LogP contribution in [0.2, 0.25) is 0 Å². The zero-order valence-electron chi connectivity index (χ0n) is 12.5. The van der Waals surface area contributed by atoms with Gasteiger partial charge in [-0.05, 0) is 35.7 Å². The van der Waals surface area contributed by atoms with Crippen LogP contribution >= 0.6 is 27.3 Å². The molecule has 0 aliphatic heterocycles. The fraction of sp³-hybridized carbons (Fsp3) is 0.250. The number of hydrogen-bond donors (Lipinski definition) is 1. The molecule has 1 N–H and O–H groups in total. The first kappa shape index (κ1) is 17.5. The third kappa shape index (κ3) is 5.69. The highest BCUT2D eigenvalue weighted by Crippen LogP contribution is 2.22. The molecule has 23 heavy (non-hydrogen) atoms. The smallest absolute Gasteiger partial charge is 0.307 e. The zero-order valence-corrected chi connectivity index (χ0v) is 14.9. The van der Waals surface area contributed by atoms with Crippen molar-refractivity contribution in [2.45, 2.75) is 12.5 Å². The number of methoxy groups -OCH3 is 1. The Labute approximate surface area is 146 Å². The van der Waals surface area contributed by atoms with Crippen LogP contribution in [0.1, 0.15) is 17.3 Å². The van der Waals surface area contributed by atoms with Gasteiger partial charge in [-0.3, -0.25) is 9.59 Å². The third-order valence-corrected chi connectivity index (χ3v) is 4.52. The molecule has 0 saturated heterocycles. The van der Waals surface area contributed by atoms with E-state index in [0.29, 0.717) is 5.75 Å². The lowest BCUT2D eigenvalue weighted by atomic mass is 10.1. The molecular formula is C16H16BrNO4S. The molecule has 1 atom stereocenters. The number of halogens is 1. The number of nitrogens with one attached hydrogen (secondary N) is 1. The van der Waals surface area contributed by atoms with Crippen LogP contribution in [0.15, 0.2) is 46.3 Å². The average Bonchev–Trinajstić information content (AvgIpc) is 3.08. The van der Waals surface area contributed by atoms with E-state index in [1.54, 1.807) is 12.1 Å². The van der Waals surface area contributed by atoms with E-state index in [-0.39, 0.29) is 24.9 Å². The first-order valence-corrected chi connectivity index (χ1v) is 8.53. The van der Waals surface area contributed by atoms with Crippen LogP contribution in [-0.2, 0) is 14.3 Å². The van der Waals surface area contributed by atoms with E-state index in [0.717, 1.165) is 9.35 Å². The number of ether oxygens (including phenoxy) is 2. The number of esters is 1. The molecular weight excluding hydrogens is 382 g/mol. The summed E-state index contributed by atoms with van der Waals surface area (Å²) in [6, 6.07) is 10.5. The second-order valence-electron chi connectivity index (χ2n) is 4.66. The standard InChI is InChI=1S/C16H16BrNO4S/c1-21-16(20)9-13(14-3-2-8-23-14)18-15(19)10-22-12-6-4-11(17)5-7-12/h2-8,13H,9-10H2,1H3,(H,18,19). The summed E-state index contributed by atoms with van der Waals surface area (Å²) in [6.45, 7) is -0.120. The first-order chi connectivity index (χ1) is 11.1. The van der Waals surface area contributed by atoms with Gasteiger partial charge >= 0.3 is 5.97 Å². The van der Waals surface area contributed by atoms with Crippen molar-refractivity contribution in [2.24, 2.45) is 0 Å². The predicted molar refractivity (Wildman–Crippen MR) is 91.5 cm³/mol. The van der Waals surface area contributed by atoms with Crippen LogP contribution in [0.25, 0.3) is 0 Å². The number of amides is 1. The molecule has 1 heterocycles. The highest BCUT2D eigenvalue weighted by atomic mass is 79.9. The minimum absolute atomic E-state index is 0.0844. The summed E-state index contributed by atoms with van der Waals surface area (Å²) in [4.78, 5) is 24.5. The first-order valence-electron chi connectivity index (χ1n) is 6.86. The molecule has 0 saturated carbocycles. The van der Waals surface area contributed by atoms with E-state index in [9.17, 15) is 9.59 Å². The number of hydrogen-bond acceptors (Lipinski definition) is 5. The summed E-state index contributed by atoms with van der Waals surface area (Å²) < 4.78 is 11.0. The molecule has 2 aromatic rings. The van der Waals surface area contributed by atoms with Gasteiger partial charge in [-0.25, -0.2) is 0 Å². The van der Waals surface area contributed by atoms with Crippen molar-refractivity contribution < 1.29 is 19.1 Å². The van der Waals surface area contributed by atoms with Gasteiger partial charge < -0.3 is 14.8 Å². The number of carbonyl (C=O) groups excluding carboxylic acids is 2. The molecule has 2 rings (SSSR count). The fourth-order valence-electron chi connectivity index (χ4n) is 1.88. The highest BCUT2D eigenvalue weighted by molar-refractivity contribution is 9.10. The maximum absolute atomic E-state index is 12.1. The molecule has 1 aromatic carbocycles. The SMILES string of the molecule is COC(=O)CC(NC(=O)COc1ccc(Br)cc1)c1cccs1. The van der Waals surface area contributed by atoms with Gasteiger partial charge in [0.25, 0.3) is 5.91 Å². The summed E-state index contributed by atoms with van der Waals surface area (Å²) in [7, 11) is 1.33. The van der Waals surface area contributed by atoms with Gasteiger partial charge in [0.15, 0.2) is 6.61 Å². The summed E-state index contributed by atoms with van der Waals surface area (Å²) >= 11 is 4.81. The topological polar surface area (TPSA) is 64.6 Å². The second-order valence-corrected chi connectivity index (χ2v) is 6.55. The van der Waals surface area contributed by atoms with Crippen molar-refractivity contribution >= 4 is 39.1 Å². The lowest BCUT2D eigenvalue weighted by Crippen LogP contribution is -2.33. The largest absolute Gasteiger partial charge is 0.484 e. The van der Waals surface area contributed by atoms with E-state index in [1.807, 2.05) is 29.6 Å². The van der Waals surface area contributed by atoms with Crippen molar-refractivity contribution in [1.29, 1.82) is 0 Å². The number of thiophene rings is 1. The monoisotopic (exact) mass is 397 g/mol. The van der Waals surface area contributed by atoms with E-state index >= 15 is 0 Å². The van der Waals surface area contributed by atoms with Crippen molar-refractivity contribution in [3.63, 3.8) is 0 Å². The lowest BCUT2D eigenvalue weighted by Gasteiger charge is -2.16. The van der Waals surface area contributed by atoms with Gasteiger partial charge in [-0.2, -0.15) is 0 Å². The third-order valence-electron chi connectivity index (χ3n) is 3.00. The molecule has 122 valence electrons. The molecule has 7 heteroatoms. The molecule has 1 amide bonds. The van der Waals surface area contributed by atoms with E-state index in [1.165, 1.54) is 18.4 Å². The molecule has 0 bridgehead atoms. The molecule has 0 radical (unpaired) electrons. The maximum atomic E-state index is 12.1. The Kier molecular flexibility index (Phi) is 6.61. The number of rotatable bonds is 7.